The van der Waals surface area contributed by atoms with Crippen LogP contribution in [0.5, 0.6) is 0 Å². The molecule has 0 aromatic heterocycles. The first-order valence-corrected chi connectivity index (χ1v) is 10.1. The molecule has 5 nitrogen and oxygen atoms in total. The Morgan fingerprint density at radius 2 is 1.85 bits per heavy atom. The molecule has 4 atom stereocenters. The zero-order chi connectivity index (χ0) is 18.5. The quantitative estimate of drug-likeness (QED) is 0.430. The number of allylic oxidation sites excluding steroid dienone is 1. The minimum atomic E-state index is -0.319. The van der Waals surface area contributed by atoms with Crippen molar-refractivity contribution in [3.05, 3.63) is 11.6 Å². The van der Waals surface area contributed by atoms with Crippen LogP contribution in [0.1, 0.15) is 58.8 Å². The normalized spacial score (nSPS) is 34.8. The third-order valence-corrected chi connectivity index (χ3v) is 7.45. The van der Waals surface area contributed by atoms with Gasteiger partial charge in [0, 0.05) is 6.54 Å². The maximum Gasteiger partial charge on any atom is 0.307 e. The highest BCUT2D eigenvalue weighted by atomic mass is 16.5. The van der Waals surface area contributed by atoms with Crippen LogP contribution in [-0.2, 0) is 19.1 Å². The Kier molecular flexibility index (Phi) is 4.44. The molecule has 0 unspecified atom stereocenters. The number of carbonyl (C=O) groups is 3. The molecule has 142 valence electrons. The summed E-state index contributed by atoms with van der Waals surface area (Å²) in [5.41, 5.74) is 1.56. The maximum absolute atomic E-state index is 12.4. The van der Waals surface area contributed by atoms with Crippen LogP contribution in [-0.4, -0.2) is 35.8 Å². The highest BCUT2D eigenvalue weighted by Crippen LogP contribution is 2.59. The lowest BCUT2D eigenvalue weighted by atomic mass is 9.49. The van der Waals surface area contributed by atoms with E-state index in [1.807, 2.05) is 0 Å². The van der Waals surface area contributed by atoms with Crippen LogP contribution in [0.15, 0.2) is 11.6 Å². The molecule has 0 N–H and O–H groups in total. The molecule has 0 aromatic carbocycles. The number of hydrogen-bond donors (Lipinski definition) is 0. The Labute approximate surface area is 155 Å². The van der Waals surface area contributed by atoms with Crippen molar-refractivity contribution in [1.82, 2.24) is 4.90 Å². The minimum absolute atomic E-state index is 0.0789. The van der Waals surface area contributed by atoms with E-state index in [1.165, 1.54) is 16.9 Å². The van der Waals surface area contributed by atoms with Crippen molar-refractivity contribution in [1.29, 1.82) is 0 Å². The molecule has 0 radical (unpaired) electrons. The summed E-state index contributed by atoms with van der Waals surface area (Å²) < 4.78 is 5.46. The first-order valence-electron chi connectivity index (χ1n) is 10.1. The van der Waals surface area contributed by atoms with Gasteiger partial charge in [0.05, 0.1) is 18.3 Å². The molecule has 2 amide bonds. The molecule has 5 heteroatoms. The van der Waals surface area contributed by atoms with E-state index in [0.29, 0.717) is 17.9 Å². The first kappa shape index (κ1) is 17.7. The predicted octanol–water partition coefficient (Wildman–Crippen LogP) is 3.09. The van der Waals surface area contributed by atoms with Crippen LogP contribution >= 0.6 is 0 Å². The van der Waals surface area contributed by atoms with Crippen molar-refractivity contribution < 1.29 is 19.1 Å². The van der Waals surface area contributed by atoms with Crippen molar-refractivity contribution in [2.45, 2.75) is 58.8 Å². The van der Waals surface area contributed by atoms with Gasteiger partial charge in [0.25, 0.3) is 0 Å². The fraction of sp³-hybridized carbons (Fsp3) is 0.762. The van der Waals surface area contributed by atoms with Gasteiger partial charge in [0.1, 0.15) is 6.61 Å². The fourth-order valence-corrected chi connectivity index (χ4v) is 5.53. The standard InChI is InChI=1S/C21H29NO4/c1-21(2)14-8-7-13(17(21)11-14)12-26-18(23)9-10-22-19(24)15-5-3-4-6-16(15)20(22)25/h7,14-17H,3-6,8-12H2,1-2H3/t14-,15-,16+,17-/m0/s1. The lowest BCUT2D eigenvalue weighted by Crippen LogP contribution is -2.48. The molecule has 3 fully saturated rings. The Morgan fingerprint density at radius 3 is 2.42 bits per heavy atom. The third kappa shape index (κ3) is 2.80. The summed E-state index contributed by atoms with van der Waals surface area (Å²) in [6.07, 6.45) is 8.26. The molecule has 1 saturated heterocycles. The Morgan fingerprint density at radius 1 is 1.19 bits per heavy atom. The topological polar surface area (TPSA) is 63.7 Å². The molecular weight excluding hydrogens is 330 g/mol. The number of imide groups is 1. The van der Waals surface area contributed by atoms with E-state index >= 15 is 0 Å². The van der Waals surface area contributed by atoms with Gasteiger partial charge in [0.2, 0.25) is 11.8 Å². The summed E-state index contributed by atoms with van der Waals surface area (Å²) in [6.45, 7) is 5.11. The lowest BCUT2D eigenvalue weighted by molar-refractivity contribution is -0.145. The number of amides is 2. The summed E-state index contributed by atoms with van der Waals surface area (Å²) in [4.78, 5) is 38.3. The number of fused-ring (bicyclic) bond motifs is 2. The summed E-state index contributed by atoms with van der Waals surface area (Å²) in [5.74, 6) is 0.527. The molecule has 1 aliphatic heterocycles. The molecule has 0 spiro atoms. The molecule has 2 saturated carbocycles. The monoisotopic (exact) mass is 359 g/mol. The molecular formula is C21H29NO4. The number of nitrogens with zero attached hydrogens (tertiary/aromatic N) is 1. The van der Waals surface area contributed by atoms with Crippen molar-refractivity contribution in [2.24, 2.45) is 29.1 Å². The summed E-state index contributed by atoms with van der Waals surface area (Å²) >= 11 is 0. The number of carbonyl (C=O) groups excluding carboxylic acids is 3. The zero-order valence-electron chi connectivity index (χ0n) is 15.8. The van der Waals surface area contributed by atoms with E-state index in [0.717, 1.165) is 38.0 Å². The van der Waals surface area contributed by atoms with Crippen molar-refractivity contribution in [3.8, 4) is 0 Å². The molecule has 0 aromatic rings. The fourth-order valence-electron chi connectivity index (χ4n) is 5.53. The average Bonchev–Trinajstić information content (AvgIpc) is 2.89. The maximum atomic E-state index is 12.4. The van der Waals surface area contributed by atoms with Crippen LogP contribution in [0.25, 0.3) is 0 Å². The lowest BCUT2D eigenvalue weighted by Gasteiger charge is -2.56. The van der Waals surface area contributed by atoms with E-state index in [9.17, 15) is 14.4 Å². The zero-order valence-corrected chi connectivity index (χ0v) is 15.8. The van der Waals surface area contributed by atoms with Crippen LogP contribution in [0.2, 0.25) is 0 Å². The largest absolute Gasteiger partial charge is 0.461 e. The van der Waals surface area contributed by atoms with Crippen LogP contribution < -0.4 is 0 Å². The second kappa shape index (κ2) is 6.50. The van der Waals surface area contributed by atoms with Crippen LogP contribution in [0, 0.1) is 29.1 Å². The minimum Gasteiger partial charge on any atom is -0.461 e. The van der Waals surface area contributed by atoms with Gasteiger partial charge in [-0.2, -0.15) is 0 Å². The predicted molar refractivity (Wildman–Crippen MR) is 95.8 cm³/mol. The van der Waals surface area contributed by atoms with E-state index in [-0.39, 0.29) is 42.6 Å². The molecule has 1 heterocycles. The van der Waals surface area contributed by atoms with Gasteiger partial charge < -0.3 is 4.74 Å². The number of ether oxygens (including phenoxy) is 1. The Balaban J connectivity index is 1.26. The van der Waals surface area contributed by atoms with Gasteiger partial charge in [-0.05, 0) is 48.5 Å². The van der Waals surface area contributed by atoms with E-state index in [2.05, 4.69) is 19.9 Å². The molecule has 5 aliphatic rings. The van der Waals surface area contributed by atoms with E-state index in [1.54, 1.807) is 0 Å². The second-order valence-electron chi connectivity index (χ2n) is 9.06. The van der Waals surface area contributed by atoms with Gasteiger partial charge >= 0.3 is 5.97 Å². The number of hydrogen-bond acceptors (Lipinski definition) is 4. The van der Waals surface area contributed by atoms with Gasteiger partial charge in [-0.3, -0.25) is 19.3 Å². The van der Waals surface area contributed by atoms with Crippen LogP contribution in [0.3, 0.4) is 0 Å². The molecule has 2 bridgehead atoms. The van der Waals surface area contributed by atoms with E-state index < -0.39 is 0 Å². The summed E-state index contributed by atoms with van der Waals surface area (Å²) in [5, 5.41) is 0. The van der Waals surface area contributed by atoms with E-state index in [4.69, 9.17) is 4.74 Å². The van der Waals surface area contributed by atoms with Gasteiger partial charge in [-0.1, -0.05) is 32.8 Å². The number of rotatable bonds is 5. The number of esters is 1. The molecule has 4 aliphatic carbocycles. The van der Waals surface area contributed by atoms with Crippen molar-refractivity contribution >= 4 is 17.8 Å². The number of likely N-dealkylation sites (tertiary alicyclic amines) is 1. The second-order valence-corrected chi connectivity index (χ2v) is 9.06. The first-order chi connectivity index (χ1) is 12.4. The Bertz CT molecular complexity index is 641. The van der Waals surface area contributed by atoms with Crippen LogP contribution in [0.4, 0.5) is 0 Å². The Hall–Kier alpha value is -1.65. The average molecular weight is 359 g/mol. The van der Waals surface area contributed by atoms with Gasteiger partial charge in [-0.25, -0.2) is 0 Å². The van der Waals surface area contributed by atoms with Gasteiger partial charge in [0.15, 0.2) is 0 Å². The molecule has 26 heavy (non-hydrogen) atoms. The van der Waals surface area contributed by atoms with Crippen molar-refractivity contribution in [3.63, 3.8) is 0 Å². The molecule has 5 rings (SSSR count). The third-order valence-electron chi connectivity index (χ3n) is 7.45. The van der Waals surface area contributed by atoms with Gasteiger partial charge in [-0.15, -0.1) is 0 Å². The highest BCUT2D eigenvalue weighted by Gasteiger charge is 2.51. The smallest absolute Gasteiger partial charge is 0.307 e. The summed E-state index contributed by atoms with van der Waals surface area (Å²) in [7, 11) is 0. The van der Waals surface area contributed by atoms with Crippen molar-refractivity contribution in [2.75, 3.05) is 13.2 Å². The highest BCUT2D eigenvalue weighted by molar-refractivity contribution is 6.05. The SMILES string of the molecule is CC1(C)[C@H]2CC=C(COC(=O)CCN3C(=O)[C@H]4CCCC[C@H]4C3=O)[C@@H]1C2. The summed E-state index contributed by atoms with van der Waals surface area (Å²) in [6, 6.07) is 0.